The highest BCUT2D eigenvalue weighted by atomic mass is 35.5. The van der Waals surface area contributed by atoms with Crippen LogP contribution in [-0.4, -0.2) is 12.7 Å². The molecule has 0 radical (unpaired) electrons. The first kappa shape index (κ1) is 13.2. The molecule has 4 rings (SSSR count). The number of nitrogen functional groups attached to an aromatic ring is 1. The number of anilines is 1. The number of carbonyl (C=O) groups is 1. The highest BCUT2D eigenvalue weighted by Crippen LogP contribution is 2.47. The second-order valence-corrected chi connectivity index (χ2v) is 5.47. The Morgan fingerprint density at radius 2 is 2.14 bits per heavy atom. The van der Waals surface area contributed by atoms with E-state index in [1.165, 1.54) is 18.2 Å². The minimum Gasteiger partial charge on any atom is -0.453 e. The third-order valence-corrected chi connectivity index (χ3v) is 4.14. The van der Waals surface area contributed by atoms with Gasteiger partial charge in [0.2, 0.25) is 6.79 Å². The molecule has 0 saturated carbocycles. The van der Waals surface area contributed by atoms with Gasteiger partial charge in [-0.05, 0) is 18.2 Å². The number of carbonyl (C=O) groups excluding carboxylic acids is 1. The van der Waals surface area contributed by atoms with Crippen LogP contribution in [0.3, 0.4) is 0 Å². The molecule has 2 aromatic rings. The van der Waals surface area contributed by atoms with Crippen molar-refractivity contribution in [1.82, 2.24) is 5.32 Å². The Bertz CT molecular complexity index is 825. The van der Waals surface area contributed by atoms with E-state index in [0.29, 0.717) is 38.9 Å². The maximum atomic E-state index is 13.5. The van der Waals surface area contributed by atoms with Gasteiger partial charge in [-0.3, -0.25) is 4.79 Å². The molecule has 112 valence electrons. The normalized spacial score (nSPS) is 18.3. The number of ether oxygens (including phenoxy) is 2. The van der Waals surface area contributed by atoms with Gasteiger partial charge in [-0.2, -0.15) is 0 Å². The van der Waals surface area contributed by atoms with Gasteiger partial charge in [-0.25, -0.2) is 4.39 Å². The van der Waals surface area contributed by atoms with Crippen LogP contribution in [-0.2, 0) is 0 Å². The first-order chi connectivity index (χ1) is 10.6. The summed E-state index contributed by atoms with van der Waals surface area (Å²) in [7, 11) is 0. The topological polar surface area (TPSA) is 73.6 Å². The summed E-state index contributed by atoms with van der Waals surface area (Å²) in [5, 5.41) is 3.11. The lowest BCUT2D eigenvalue weighted by Crippen LogP contribution is -2.20. The number of hydrogen-bond acceptors (Lipinski definition) is 4. The molecule has 0 spiro atoms. The molecule has 0 bridgehead atoms. The summed E-state index contributed by atoms with van der Waals surface area (Å²) in [6.45, 7) is 0.0316. The molecule has 2 aliphatic heterocycles. The van der Waals surface area contributed by atoms with Crippen molar-refractivity contribution in [2.75, 3.05) is 12.5 Å². The van der Waals surface area contributed by atoms with Crippen LogP contribution < -0.4 is 20.5 Å². The third kappa shape index (κ3) is 1.74. The lowest BCUT2D eigenvalue weighted by molar-refractivity contribution is 0.0956. The van der Waals surface area contributed by atoms with Crippen LogP contribution in [0.5, 0.6) is 11.5 Å². The molecule has 22 heavy (non-hydrogen) atoms. The molecule has 2 aromatic carbocycles. The summed E-state index contributed by atoms with van der Waals surface area (Å²) >= 11 is 6.15. The average molecular weight is 321 g/mol. The number of halogens is 2. The van der Waals surface area contributed by atoms with Gasteiger partial charge in [0.15, 0.2) is 11.5 Å². The summed E-state index contributed by atoms with van der Waals surface area (Å²) in [6, 6.07) is 4.96. The minimum atomic E-state index is -0.625. The SMILES string of the molecule is Nc1cc2c(c3c1C(c1cc(F)ccc1Cl)NC3=O)OCO2. The van der Waals surface area contributed by atoms with E-state index in [-0.39, 0.29) is 12.7 Å². The molecule has 5 nitrogen and oxygen atoms in total. The Labute approximate surface area is 129 Å². The number of hydrogen-bond donors (Lipinski definition) is 2. The molecule has 1 amide bonds. The van der Waals surface area contributed by atoms with Gasteiger partial charge in [0.25, 0.3) is 5.91 Å². The van der Waals surface area contributed by atoms with Crippen molar-refractivity contribution in [3.05, 3.63) is 51.8 Å². The van der Waals surface area contributed by atoms with E-state index in [1.54, 1.807) is 6.07 Å². The number of benzene rings is 2. The molecule has 2 aliphatic rings. The molecule has 1 unspecified atom stereocenters. The maximum absolute atomic E-state index is 13.5. The van der Waals surface area contributed by atoms with Crippen molar-refractivity contribution in [3.8, 4) is 11.5 Å². The minimum absolute atomic E-state index is 0.0316. The zero-order valence-electron chi connectivity index (χ0n) is 11.2. The van der Waals surface area contributed by atoms with Crippen LogP contribution >= 0.6 is 11.6 Å². The summed E-state index contributed by atoms with van der Waals surface area (Å²) < 4.78 is 24.2. The molecule has 7 heteroatoms. The van der Waals surface area contributed by atoms with Crippen molar-refractivity contribution in [1.29, 1.82) is 0 Å². The van der Waals surface area contributed by atoms with Gasteiger partial charge >= 0.3 is 0 Å². The van der Waals surface area contributed by atoms with Crippen LogP contribution in [0, 0.1) is 5.82 Å². The molecule has 2 heterocycles. The fourth-order valence-electron chi connectivity index (χ4n) is 2.86. The van der Waals surface area contributed by atoms with E-state index < -0.39 is 11.9 Å². The van der Waals surface area contributed by atoms with E-state index >= 15 is 0 Å². The number of fused-ring (bicyclic) bond motifs is 3. The summed E-state index contributed by atoms with van der Waals surface area (Å²) in [5.41, 5.74) is 7.71. The quantitative estimate of drug-likeness (QED) is 0.792. The van der Waals surface area contributed by atoms with Crippen LogP contribution in [0.2, 0.25) is 5.02 Å². The fraction of sp³-hybridized carbons (Fsp3) is 0.133. The van der Waals surface area contributed by atoms with Crippen molar-refractivity contribution >= 4 is 23.2 Å². The van der Waals surface area contributed by atoms with E-state index in [1.807, 2.05) is 0 Å². The van der Waals surface area contributed by atoms with Gasteiger partial charge in [-0.1, -0.05) is 11.6 Å². The van der Waals surface area contributed by atoms with E-state index in [2.05, 4.69) is 5.32 Å². The zero-order chi connectivity index (χ0) is 15.4. The standard InChI is InChI=1S/C15H10ClFN2O3/c16-8-2-1-6(17)3-7(8)13-11-9(18)4-10-14(22-5-21-10)12(11)15(20)19-13/h1-4,13H,5,18H2,(H,19,20). The second kappa shape index (κ2) is 4.51. The van der Waals surface area contributed by atoms with Crippen LogP contribution in [0.15, 0.2) is 24.3 Å². The number of nitrogens with one attached hydrogen (secondary N) is 1. The van der Waals surface area contributed by atoms with Gasteiger partial charge < -0.3 is 20.5 Å². The second-order valence-electron chi connectivity index (χ2n) is 5.06. The average Bonchev–Trinajstić information content (AvgIpc) is 3.06. The molecule has 1 atom stereocenters. The zero-order valence-corrected chi connectivity index (χ0v) is 11.9. The molecule has 0 aromatic heterocycles. The summed E-state index contributed by atoms with van der Waals surface area (Å²) in [6.07, 6.45) is 0. The van der Waals surface area contributed by atoms with E-state index in [9.17, 15) is 9.18 Å². The lowest BCUT2D eigenvalue weighted by atomic mass is 9.95. The molecule has 0 fully saturated rings. The van der Waals surface area contributed by atoms with Gasteiger partial charge in [-0.15, -0.1) is 0 Å². The first-order valence-corrected chi connectivity index (χ1v) is 6.92. The first-order valence-electron chi connectivity index (χ1n) is 6.54. The predicted molar refractivity (Wildman–Crippen MR) is 77.7 cm³/mol. The van der Waals surface area contributed by atoms with E-state index in [0.717, 1.165) is 0 Å². The fourth-order valence-corrected chi connectivity index (χ4v) is 3.08. The predicted octanol–water partition coefficient (Wildman–Crippen LogP) is 2.62. The Kier molecular flexibility index (Phi) is 2.71. The largest absolute Gasteiger partial charge is 0.453 e. The summed E-state index contributed by atoms with van der Waals surface area (Å²) in [5.74, 6) is -0.00935. The van der Waals surface area contributed by atoms with Gasteiger partial charge in [0, 0.05) is 27.9 Å². The van der Waals surface area contributed by atoms with Crippen LogP contribution in [0.4, 0.5) is 10.1 Å². The molecular weight excluding hydrogens is 311 g/mol. The molecule has 0 saturated heterocycles. The molecular formula is C15H10ClFN2O3. The highest BCUT2D eigenvalue weighted by Gasteiger charge is 2.39. The molecule has 0 aliphatic carbocycles. The van der Waals surface area contributed by atoms with Crippen molar-refractivity contribution in [2.24, 2.45) is 0 Å². The van der Waals surface area contributed by atoms with Gasteiger partial charge in [0.05, 0.1) is 11.6 Å². The molecule has 3 N–H and O–H groups in total. The van der Waals surface area contributed by atoms with Crippen molar-refractivity contribution in [2.45, 2.75) is 6.04 Å². The Balaban J connectivity index is 1.95. The Hall–Kier alpha value is -2.47. The summed E-state index contributed by atoms with van der Waals surface area (Å²) in [4.78, 5) is 12.3. The number of rotatable bonds is 1. The number of nitrogens with two attached hydrogens (primary N) is 1. The Morgan fingerprint density at radius 1 is 1.32 bits per heavy atom. The van der Waals surface area contributed by atoms with Crippen molar-refractivity contribution < 1.29 is 18.7 Å². The van der Waals surface area contributed by atoms with E-state index in [4.69, 9.17) is 26.8 Å². The highest BCUT2D eigenvalue weighted by molar-refractivity contribution is 6.31. The van der Waals surface area contributed by atoms with Crippen LogP contribution in [0.25, 0.3) is 0 Å². The van der Waals surface area contributed by atoms with Crippen molar-refractivity contribution in [3.63, 3.8) is 0 Å². The smallest absolute Gasteiger partial charge is 0.256 e. The third-order valence-electron chi connectivity index (χ3n) is 3.80. The van der Waals surface area contributed by atoms with Crippen LogP contribution in [0.1, 0.15) is 27.5 Å². The lowest BCUT2D eigenvalue weighted by Gasteiger charge is -2.16. The Morgan fingerprint density at radius 3 is 2.95 bits per heavy atom. The number of amides is 1. The van der Waals surface area contributed by atoms with Gasteiger partial charge in [0.1, 0.15) is 5.82 Å². The maximum Gasteiger partial charge on any atom is 0.256 e. The monoisotopic (exact) mass is 320 g/mol.